The molecule has 0 amide bonds. The van der Waals surface area contributed by atoms with Gasteiger partial charge in [-0.1, -0.05) is 6.92 Å². The van der Waals surface area contributed by atoms with Crippen LogP contribution in [-0.2, 0) is 0 Å². The van der Waals surface area contributed by atoms with Crippen molar-refractivity contribution >= 4 is 0 Å². The summed E-state index contributed by atoms with van der Waals surface area (Å²) in [5, 5.41) is 12.7. The van der Waals surface area contributed by atoms with Gasteiger partial charge in [-0.2, -0.15) is 0 Å². The Balaban J connectivity index is 3.65. The molecule has 0 rings (SSSR count). The number of hydrogen-bond acceptors (Lipinski definition) is 2. The summed E-state index contributed by atoms with van der Waals surface area (Å²) in [6, 6.07) is 0. The summed E-state index contributed by atoms with van der Waals surface area (Å²) in [7, 11) is 6.32. The summed E-state index contributed by atoms with van der Waals surface area (Å²) in [6.07, 6.45) is 1.87. The Bertz CT molecular complexity index is 126. The van der Waals surface area contributed by atoms with Gasteiger partial charge in [0.05, 0.1) is 20.6 Å². The van der Waals surface area contributed by atoms with Crippen LogP contribution in [0.15, 0.2) is 0 Å². The zero-order chi connectivity index (χ0) is 10.3. The summed E-state index contributed by atoms with van der Waals surface area (Å²) in [5.74, 6) is 0. The van der Waals surface area contributed by atoms with E-state index in [1.165, 1.54) is 6.42 Å². The highest BCUT2D eigenvalue weighted by molar-refractivity contribution is 4.50. The van der Waals surface area contributed by atoms with Crippen molar-refractivity contribution in [2.24, 2.45) is 0 Å². The molecule has 0 spiro atoms. The minimum Gasteiger partial charge on any atom is -0.387 e. The van der Waals surface area contributed by atoms with Crippen LogP contribution < -0.4 is 5.32 Å². The summed E-state index contributed by atoms with van der Waals surface area (Å²) >= 11 is 0. The molecule has 0 aliphatic rings. The molecule has 3 nitrogen and oxygen atoms in total. The molecule has 80 valence electrons. The minimum atomic E-state index is -0.149. The van der Waals surface area contributed by atoms with E-state index in [0.717, 1.165) is 30.5 Å². The smallest absolute Gasteiger partial charge is 0.105 e. The van der Waals surface area contributed by atoms with Gasteiger partial charge < -0.3 is 14.9 Å². The monoisotopic (exact) mass is 189 g/mol. The molecule has 0 aromatic heterocycles. The number of nitrogens with one attached hydrogen (secondary N) is 1. The first-order valence-electron chi connectivity index (χ1n) is 5.16. The first-order chi connectivity index (χ1) is 6.02. The van der Waals surface area contributed by atoms with Gasteiger partial charge in [-0.25, -0.2) is 0 Å². The fourth-order valence-corrected chi connectivity index (χ4v) is 1.47. The fourth-order valence-electron chi connectivity index (χ4n) is 1.47. The highest BCUT2D eigenvalue weighted by Gasteiger charge is 2.18. The lowest BCUT2D eigenvalue weighted by Gasteiger charge is -2.31. The Morgan fingerprint density at radius 1 is 1.38 bits per heavy atom. The first-order valence-corrected chi connectivity index (χ1v) is 5.16. The summed E-state index contributed by atoms with van der Waals surface area (Å²) in [5.41, 5.74) is 0. The standard InChI is InChI=1S/C10H25N2O/c1-5-10(13)9-12(3,4)8-6-7-11-2/h10-11,13H,5-9H2,1-4H3/q+1. The van der Waals surface area contributed by atoms with Crippen LogP contribution in [0.3, 0.4) is 0 Å². The van der Waals surface area contributed by atoms with E-state index in [1.54, 1.807) is 0 Å². The van der Waals surface area contributed by atoms with E-state index in [4.69, 9.17) is 0 Å². The second kappa shape index (κ2) is 6.35. The van der Waals surface area contributed by atoms with Gasteiger partial charge in [-0.15, -0.1) is 0 Å². The maximum absolute atomic E-state index is 9.52. The third-order valence-corrected chi connectivity index (χ3v) is 2.37. The maximum Gasteiger partial charge on any atom is 0.105 e. The Hall–Kier alpha value is -0.120. The quantitative estimate of drug-likeness (QED) is 0.450. The molecule has 0 fully saturated rings. The average Bonchev–Trinajstić information content (AvgIpc) is 2.03. The molecule has 1 atom stereocenters. The second-order valence-corrected chi connectivity index (χ2v) is 4.36. The normalized spacial score (nSPS) is 14.5. The van der Waals surface area contributed by atoms with Gasteiger partial charge in [-0.3, -0.25) is 0 Å². The maximum atomic E-state index is 9.52. The first kappa shape index (κ1) is 12.9. The number of quaternary nitrogens is 1. The van der Waals surface area contributed by atoms with E-state index in [0.29, 0.717) is 0 Å². The molecule has 0 saturated carbocycles. The van der Waals surface area contributed by atoms with Crippen molar-refractivity contribution < 1.29 is 9.59 Å². The number of rotatable bonds is 7. The van der Waals surface area contributed by atoms with Gasteiger partial charge >= 0.3 is 0 Å². The Labute approximate surface area is 82.3 Å². The lowest BCUT2D eigenvalue weighted by Crippen LogP contribution is -2.46. The van der Waals surface area contributed by atoms with Gasteiger partial charge in [-0.05, 0) is 13.5 Å². The predicted octanol–water partition coefficient (Wildman–Crippen LogP) is 0.443. The molecule has 0 aliphatic carbocycles. The van der Waals surface area contributed by atoms with Crippen molar-refractivity contribution in [3.8, 4) is 0 Å². The third-order valence-electron chi connectivity index (χ3n) is 2.37. The molecule has 2 N–H and O–H groups in total. The van der Waals surface area contributed by atoms with Gasteiger partial charge in [0.25, 0.3) is 0 Å². The Morgan fingerprint density at radius 2 is 2.00 bits per heavy atom. The summed E-state index contributed by atoms with van der Waals surface area (Å²) in [4.78, 5) is 0. The van der Waals surface area contributed by atoms with E-state index in [1.807, 2.05) is 14.0 Å². The van der Waals surface area contributed by atoms with Gasteiger partial charge in [0.15, 0.2) is 0 Å². The van der Waals surface area contributed by atoms with Crippen LogP contribution in [0.5, 0.6) is 0 Å². The van der Waals surface area contributed by atoms with E-state index < -0.39 is 0 Å². The van der Waals surface area contributed by atoms with Crippen LogP contribution in [0.2, 0.25) is 0 Å². The number of aliphatic hydroxyl groups excluding tert-OH is 1. The zero-order valence-corrected chi connectivity index (χ0v) is 9.51. The van der Waals surface area contributed by atoms with Crippen LogP contribution in [0.1, 0.15) is 19.8 Å². The van der Waals surface area contributed by atoms with E-state index in [2.05, 4.69) is 19.4 Å². The lowest BCUT2D eigenvalue weighted by atomic mass is 10.2. The summed E-state index contributed by atoms with van der Waals surface area (Å²) < 4.78 is 0.913. The van der Waals surface area contributed by atoms with Crippen LogP contribution >= 0.6 is 0 Å². The fraction of sp³-hybridized carbons (Fsp3) is 1.00. The van der Waals surface area contributed by atoms with Crippen LogP contribution in [0, 0.1) is 0 Å². The molecule has 3 heteroatoms. The van der Waals surface area contributed by atoms with Gasteiger partial charge in [0, 0.05) is 13.0 Å². The van der Waals surface area contributed by atoms with Crippen molar-refractivity contribution in [1.82, 2.24) is 5.32 Å². The molecular weight excluding hydrogens is 164 g/mol. The largest absolute Gasteiger partial charge is 0.387 e. The summed E-state index contributed by atoms with van der Waals surface area (Å²) in [6.45, 7) is 5.07. The van der Waals surface area contributed by atoms with E-state index in [9.17, 15) is 5.11 Å². The number of aliphatic hydroxyl groups is 1. The van der Waals surface area contributed by atoms with Gasteiger partial charge in [0.1, 0.15) is 12.6 Å². The molecule has 1 unspecified atom stereocenters. The van der Waals surface area contributed by atoms with Crippen molar-refractivity contribution in [3.05, 3.63) is 0 Å². The van der Waals surface area contributed by atoms with Crippen LogP contribution in [0.25, 0.3) is 0 Å². The highest BCUT2D eigenvalue weighted by atomic mass is 16.3. The molecule has 0 aromatic rings. The predicted molar refractivity (Wildman–Crippen MR) is 56.7 cm³/mol. The molecule has 0 heterocycles. The van der Waals surface area contributed by atoms with Crippen molar-refractivity contribution in [3.63, 3.8) is 0 Å². The number of nitrogens with zero attached hydrogens (tertiary/aromatic N) is 1. The molecule has 0 radical (unpaired) electrons. The second-order valence-electron chi connectivity index (χ2n) is 4.36. The topological polar surface area (TPSA) is 32.3 Å². The third kappa shape index (κ3) is 6.99. The van der Waals surface area contributed by atoms with Crippen molar-refractivity contribution in [2.45, 2.75) is 25.9 Å². The molecular formula is C10H25N2O+. The number of hydrogen-bond donors (Lipinski definition) is 2. The van der Waals surface area contributed by atoms with E-state index >= 15 is 0 Å². The molecule has 0 aromatic carbocycles. The SMILES string of the molecule is CCC(O)C[N+](C)(C)CCCNC. The molecule has 0 bridgehead atoms. The van der Waals surface area contributed by atoms with Crippen molar-refractivity contribution in [2.75, 3.05) is 40.8 Å². The lowest BCUT2D eigenvalue weighted by molar-refractivity contribution is -0.893. The zero-order valence-electron chi connectivity index (χ0n) is 9.51. The van der Waals surface area contributed by atoms with Gasteiger partial charge in [0.2, 0.25) is 0 Å². The van der Waals surface area contributed by atoms with E-state index in [-0.39, 0.29) is 6.10 Å². The Kier molecular flexibility index (Phi) is 6.29. The van der Waals surface area contributed by atoms with Crippen LogP contribution in [-0.4, -0.2) is 56.5 Å². The Morgan fingerprint density at radius 3 is 2.46 bits per heavy atom. The van der Waals surface area contributed by atoms with Crippen molar-refractivity contribution in [1.29, 1.82) is 0 Å². The molecule has 13 heavy (non-hydrogen) atoms. The molecule has 0 aliphatic heterocycles. The minimum absolute atomic E-state index is 0.149. The molecule has 0 saturated heterocycles. The number of likely N-dealkylation sites (N-methyl/N-ethyl adjacent to an activating group) is 1. The van der Waals surface area contributed by atoms with Crippen LogP contribution in [0.4, 0.5) is 0 Å². The highest BCUT2D eigenvalue weighted by Crippen LogP contribution is 2.03. The average molecular weight is 189 g/mol.